The van der Waals surface area contributed by atoms with Gasteiger partial charge in [-0.05, 0) is 36.5 Å². The lowest BCUT2D eigenvalue weighted by Gasteiger charge is -2.16. The fraction of sp³-hybridized carbons (Fsp3) is 0.500. The Hall–Kier alpha value is -1.23. The molecular weight excluding hydrogens is 231 g/mol. The molecule has 94 valence electrons. The van der Waals surface area contributed by atoms with E-state index in [1.54, 1.807) is 6.07 Å². The topological polar surface area (TPSA) is 35.2 Å². The summed E-state index contributed by atoms with van der Waals surface area (Å²) in [5.74, 6) is 0.161. The van der Waals surface area contributed by atoms with Crippen molar-refractivity contribution in [3.63, 3.8) is 0 Å². The van der Waals surface area contributed by atoms with Crippen LogP contribution < -0.4 is 10.5 Å². The smallest absolute Gasteiger partial charge is 0.419 e. The minimum Gasteiger partial charge on any atom is -0.496 e. The van der Waals surface area contributed by atoms with Crippen molar-refractivity contribution in [1.82, 2.24) is 0 Å². The van der Waals surface area contributed by atoms with Gasteiger partial charge in [0.25, 0.3) is 0 Å². The van der Waals surface area contributed by atoms with Gasteiger partial charge in [0.15, 0.2) is 0 Å². The third-order valence-corrected chi connectivity index (χ3v) is 3.04. The van der Waals surface area contributed by atoms with Gasteiger partial charge in [0.1, 0.15) is 5.75 Å². The molecule has 0 amide bonds. The first kappa shape index (κ1) is 12.2. The van der Waals surface area contributed by atoms with E-state index in [1.165, 1.54) is 13.2 Å². The van der Waals surface area contributed by atoms with E-state index >= 15 is 0 Å². The summed E-state index contributed by atoms with van der Waals surface area (Å²) in [5.41, 5.74) is 5.67. The van der Waals surface area contributed by atoms with Crippen LogP contribution in [0.15, 0.2) is 18.2 Å². The van der Waals surface area contributed by atoms with Crippen molar-refractivity contribution < 1.29 is 17.9 Å². The fourth-order valence-corrected chi connectivity index (χ4v) is 1.88. The molecule has 0 saturated heterocycles. The Morgan fingerprint density at radius 2 is 2.00 bits per heavy atom. The predicted molar refractivity (Wildman–Crippen MR) is 57.6 cm³/mol. The largest absolute Gasteiger partial charge is 0.496 e. The van der Waals surface area contributed by atoms with Crippen LogP contribution in [-0.2, 0) is 6.18 Å². The van der Waals surface area contributed by atoms with E-state index in [-0.39, 0.29) is 11.8 Å². The van der Waals surface area contributed by atoms with E-state index in [1.807, 2.05) is 0 Å². The zero-order valence-corrected chi connectivity index (χ0v) is 9.42. The third-order valence-electron chi connectivity index (χ3n) is 3.04. The molecule has 1 aromatic carbocycles. The van der Waals surface area contributed by atoms with Gasteiger partial charge >= 0.3 is 6.18 Å². The molecule has 0 aromatic heterocycles. The lowest BCUT2D eigenvalue weighted by Crippen LogP contribution is -2.15. The number of hydrogen-bond acceptors (Lipinski definition) is 2. The fourth-order valence-electron chi connectivity index (χ4n) is 1.88. The van der Waals surface area contributed by atoms with Crippen LogP contribution >= 0.6 is 0 Å². The Bertz CT molecular complexity index is 413. The molecule has 1 fully saturated rings. The average Bonchev–Trinajstić information content (AvgIpc) is 3.10. The molecule has 1 atom stereocenters. The summed E-state index contributed by atoms with van der Waals surface area (Å²) in [6, 6.07) is 3.74. The second-order valence-corrected chi connectivity index (χ2v) is 4.32. The highest BCUT2D eigenvalue weighted by atomic mass is 19.4. The maximum atomic E-state index is 12.8. The monoisotopic (exact) mass is 245 g/mol. The Kier molecular flexibility index (Phi) is 3.03. The van der Waals surface area contributed by atoms with Crippen molar-refractivity contribution in [3.05, 3.63) is 29.3 Å². The van der Waals surface area contributed by atoms with Crippen LogP contribution in [0.4, 0.5) is 13.2 Å². The summed E-state index contributed by atoms with van der Waals surface area (Å²) >= 11 is 0. The maximum Gasteiger partial charge on any atom is 0.419 e. The average molecular weight is 245 g/mol. The lowest BCUT2D eigenvalue weighted by atomic mass is 10.00. The van der Waals surface area contributed by atoms with E-state index in [9.17, 15) is 13.2 Å². The summed E-state index contributed by atoms with van der Waals surface area (Å²) in [7, 11) is 1.23. The van der Waals surface area contributed by atoms with Gasteiger partial charge in [-0.2, -0.15) is 13.2 Å². The first-order valence-corrected chi connectivity index (χ1v) is 5.44. The second-order valence-electron chi connectivity index (χ2n) is 4.32. The van der Waals surface area contributed by atoms with E-state index < -0.39 is 11.7 Å². The normalized spacial score (nSPS) is 17.9. The minimum absolute atomic E-state index is 0.163. The molecule has 0 radical (unpaired) electrons. The van der Waals surface area contributed by atoms with Crippen molar-refractivity contribution in [1.29, 1.82) is 0 Å². The van der Waals surface area contributed by atoms with Crippen LogP contribution in [-0.4, -0.2) is 7.11 Å². The summed E-state index contributed by atoms with van der Waals surface area (Å²) in [6.45, 7) is 0. The molecule has 5 heteroatoms. The molecule has 1 unspecified atom stereocenters. The van der Waals surface area contributed by atoms with Crippen molar-refractivity contribution >= 4 is 0 Å². The quantitative estimate of drug-likeness (QED) is 0.888. The van der Waals surface area contributed by atoms with Gasteiger partial charge in [-0.25, -0.2) is 0 Å². The number of hydrogen-bond donors (Lipinski definition) is 1. The molecule has 17 heavy (non-hydrogen) atoms. The molecular formula is C12H14F3NO. The standard InChI is InChI=1S/C12H14F3NO/c1-17-10-5-4-8(11(16)7-2-3-7)6-9(10)12(13,14)15/h4-7,11H,2-3,16H2,1H3. The van der Waals surface area contributed by atoms with E-state index in [4.69, 9.17) is 10.5 Å². The molecule has 1 aromatic rings. The predicted octanol–water partition coefficient (Wildman–Crippen LogP) is 3.12. The number of rotatable bonds is 3. The highest BCUT2D eigenvalue weighted by molar-refractivity contribution is 5.40. The first-order valence-electron chi connectivity index (χ1n) is 5.44. The summed E-state index contributed by atoms with van der Waals surface area (Å²) in [4.78, 5) is 0. The van der Waals surface area contributed by atoms with Crippen LogP contribution in [0, 0.1) is 5.92 Å². The van der Waals surface area contributed by atoms with Crippen molar-refractivity contribution in [3.8, 4) is 5.75 Å². The number of alkyl halides is 3. The van der Waals surface area contributed by atoms with Crippen molar-refractivity contribution in [2.24, 2.45) is 11.7 Å². The van der Waals surface area contributed by atoms with Crippen molar-refractivity contribution in [2.75, 3.05) is 7.11 Å². The summed E-state index contributed by atoms with van der Waals surface area (Å²) < 4.78 is 43.0. The number of benzene rings is 1. The highest BCUT2D eigenvalue weighted by Gasteiger charge is 2.36. The second kappa shape index (κ2) is 4.22. The summed E-state index contributed by atoms with van der Waals surface area (Å²) in [6.07, 6.45) is -2.42. The maximum absolute atomic E-state index is 12.8. The molecule has 2 rings (SSSR count). The van der Waals surface area contributed by atoms with Gasteiger partial charge in [0.05, 0.1) is 12.7 Å². The molecule has 0 aliphatic heterocycles. The summed E-state index contributed by atoms with van der Waals surface area (Å²) in [5, 5.41) is 0. The van der Waals surface area contributed by atoms with Crippen LogP contribution in [0.1, 0.15) is 30.0 Å². The molecule has 1 aliphatic rings. The van der Waals surface area contributed by atoms with E-state index in [0.29, 0.717) is 11.5 Å². The van der Waals surface area contributed by atoms with Crippen LogP contribution in [0.3, 0.4) is 0 Å². The minimum atomic E-state index is -4.41. The number of nitrogens with two attached hydrogens (primary N) is 1. The highest BCUT2D eigenvalue weighted by Crippen LogP contribution is 2.42. The number of methoxy groups -OCH3 is 1. The van der Waals surface area contributed by atoms with Gasteiger partial charge in [-0.3, -0.25) is 0 Å². The zero-order chi connectivity index (χ0) is 12.6. The van der Waals surface area contributed by atoms with Gasteiger partial charge in [-0.1, -0.05) is 6.07 Å². The zero-order valence-electron chi connectivity index (χ0n) is 9.42. The van der Waals surface area contributed by atoms with Crippen LogP contribution in [0.25, 0.3) is 0 Å². The molecule has 1 saturated carbocycles. The van der Waals surface area contributed by atoms with Crippen molar-refractivity contribution in [2.45, 2.75) is 25.1 Å². The molecule has 0 spiro atoms. The van der Waals surface area contributed by atoms with Crippen LogP contribution in [0.2, 0.25) is 0 Å². The Labute approximate surface area is 97.6 Å². The number of ether oxygens (including phenoxy) is 1. The Balaban J connectivity index is 2.37. The molecule has 1 aliphatic carbocycles. The van der Waals surface area contributed by atoms with Gasteiger partial charge in [0, 0.05) is 6.04 Å². The SMILES string of the molecule is COc1ccc(C(N)C2CC2)cc1C(F)(F)F. The van der Waals surface area contributed by atoms with Gasteiger partial charge < -0.3 is 10.5 Å². The Morgan fingerprint density at radius 1 is 1.35 bits per heavy atom. The molecule has 2 N–H and O–H groups in total. The number of halogens is 3. The van der Waals surface area contributed by atoms with Gasteiger partial charge in [-0.15, -0.1) is 0 Å². The molecule has 2 nitrogen and oxygen atoms in total. The third kappa shape index (κ3) is 2.54. The Morgan fingerprint density at radius 3 is 2.47 bits per heavy atom. The first-order chi connectivity index (χ1) is 7.93. The molecule has 0 bridgehead atoms. The van der Waals surface area contributed by atoms with E-state index in [0.717, 1.165) is 18.9 Å². The van der Waals surface area contributed by atoms with Gasteiger partial charge in [0.2, 0.25) is 0 Å². The lowest BCUT2D eigenvalue weighted by molar-refractivity contribution is -0.138. The van der Waals surface area contributed by atoms with E-state index in [2.05, 4.69) is 0 Å². The van der Waals surface area contributed by atoms with Crippen LogP contribution in [0.5, 0.6) is 5.75 Å². The molecule has 0 heterocycles.